The van der Waals surface area contributed by atoms with Crippen LogP contribution in [0.4, 0.5) is 0 Å². The molecule has 3 nitrogen and oxygen atoms in total. The molecule has 0 aliphatic rings. The molecule has 0 saturated carbocycles. The summed E-state index contributed by atoms with van der Waals surface area (Å²) in [6, 6.07) is 7.47. The number of ketones is 1. The topological polar surface area (TPSA) is 46.2 Å². The van der Waals surface area contributed by atoms with Crippen molar-refractivity contribution < 1.29 is 9.59 Å². The second-order valence-corrected chi connectivity index (χ2v) is 4.58. The Morgan fingerprint density at radius 1 is 1.31 bits per heavy atom. The molecule has 0 aliphatic heterocycles. The van der Waals surface area contributed by atoms with Crippen molar-refractivity contribution in [2.24, 2.45) is 0 Å². The number of hydrogen-bond donors (Lipinski definition) is 1. The van der Waals surface area contributed by atoms with E-state index in [0.29, 0.717) is 12.0 Å². The van der Waals surface area contributed by atoms with Crippen molar-refractivity contribution in [2.45, 2.75) is 32.7 Å². The summed E-state index contributed by atoms with van der Waals surface area (Å²) in [6.07, 6.45) is 1.45. The van der Waals surface area contributed by atoms with Crippen LogP contribution in [0.3, 0.4) is 0 Å². The van der Waals surface area contributed by atoms with Crippen LogP contribution in [-0.4, -0.2) is 17.7 Å². The first-order valence-corrected chi connectivity index (χ1v) is 5.26. The molecule has 3 heteroatoms. The molecule has 1 N–H and O–H groups in total. The minimum absolute atomic E-state index is 0.0665. The second-order valence-electron chi connectivity index (χ2n) is 4.58. The van der Waals surface area contributed by atoms with Gasteiger partial charge in [0.2, 0.25) is 6.41 Å². The predicted molar refractivity (Wildman–Crippen MR) is 63.4 cm³/mol. The number of benzene rings is 1. The third kappa shape index (κ3) is 3.50. The molecular weight excluding hydrogens is 202 g/mol. The highest BCUT2D eigenvalue weighted by atomic mass is 16.1. The van der Waals surface area contributed by atoms with Gasteiger partial charge in [0.05, 0.1) is 0 Å². The van der Waals surface area contributed by atoms with Gasteiger partial charge in [-0.2, -0.15) is 0 Å². The summed E-state index contributed by atoms with van der Waals surface area (Å²) in [5, 5.41) is 2.76. The summed E-state index contributed by atoms with van der Waals surface area (Å²) in [5.41, 5.74) is 1.55. The molecule has 1 aromatic rings. The normalized spacial score (nSPS) is 10.9. The Morgan fingerprint density at radius 3 is 2.31 bits per heavy atom. The van der Waals surface area contributed by atoms with Gasteiger partial charge in [0.1, 0.15) is 0 Å². The van der Waals surface area contributed by atoms with Crippen LogP contribution in [0.1, 0.15) is 36.7 Å². The summed E-state index contributed by atoms with van der Waals surface area (Å²) >= 11 is 0. The van der Waals surface area contributed by atoms with Crippen LogP contribution >= 0.6 is 0 Å². The van der Waals surface area contributed by atoms with Gasteiger partial charge in [-0.25, -0.2) is 0 Å². The smallest absolute Gasteiger partial charge is 0.207 e. The van der Waals surface area contributed by atoms with Gasteiger partial charge in [-0.15, -0.1) is 0 Å². The molecule has 0 bridgehead atoms. The highest BCUT2D eigenvalue weighted by Crippen LogP contribution is 2.13. The average Bonchev–Trinajstić information content (AvgIpc) is 2.17. The van der Waals surface area contributed by atoms with Crippen LogP contribution in [0.2, 0.25) is 0 Å². The van der Waals surface area contributed by atoms with E-state index in [1.54, 1.807) is 6.92 Å². The minimum atomic E-state index is -0.264. The van der Waals surface area contributed by atoms with E-state index in [1.807, 2.05) is 38.1 Å². The van der Waals surface area contributed by atoms with Crippen molar-refractivity contribution in [1.82, 2.24) is 5.32 Å². The third-order valence-electron chi connectivity index (χ3n) is 2.46. The fourth-order valence-electron chi connectivity index (χ4n) is 1.58. The van der Waals surface area contributed by atoms with Crippen molar-refractivity contribution in [3.63, 3.8) is 0 Å². The third-order valence-corrected chi connectivity index (χ3v) is 2.46. The first-order chi connectivity index (χ1) is 7.44. The Balaban J connectivity index is 2.75. The lowest BCUT2D eigenvalue weighted by Crippen LogP contribution is -2.40. The molecule has 1 amide bonds. The molecule has 0 radical (unpaired) electrons. The van der Waals surface area contributed by atoms with Crippen LogP contribution < -0.4 is 5.32 Å². The van der Waals surface area contributed by atoms with Gasteiger partial charge in [0.15, 0.2) is 5.78 Å². The van der Waals surface area contributed by atoms with Gasteiger partial charge < -0.3 is 5.32 Å². The zero-order valence-corrected chi connectivity index (χ0v) is 9.91. The Bertz CT molecular complexity index is 379. The standard InChI is InChI=1S/C13H17NO2/c1-10(16)12-6-4-11(5-7-12)8-13(2,3)14-9-15/h4-7,9H,8H2,1-3H3,(H,14,15). The molecule has 0 fully saturated rings. The quantitative estimate of drug-likeness (QED) is 0.607. The average molecular weight is 219 g/mol. The minimum Gasteiger partial charge on any atom is -0.353 e. The number of carbonyl (C=O) groups is 2. The maximum Gasteiger partial charge on any atom is 0.207 e. The summed E-state index contributed by atoms with van der Waals surface area (Å²) in [6.45, 7) is 5.47. The molecule has 0 saturated heterocycles. The van der Waals surface area contributed by atoms with Crippen molar-refractivity contribution in [2.75, 3.05) is 0 Å². The van der Waals surface area contributed by atoms with Gasteiger partial charge in [0, 0.05) is 11.1 Å². The molecule has 0 heterocycles. The Labute approximate surface area is 95.9 Å². The highest BCUT2D eigenvalue weighted by molar-refractivity contribution is 5.93. The number of rotatable bonds is 5. The van der Waals surface area contributed by atoms with Gasteiger partial charge >= 0.3 is 0 Å². The van der Waals surface area contributed by atoms with E-state index >= 15 is 0 Å². The molecule has 0 atom stereocenters. The molecule has 0 unspecified atom stereocenters. The zero-order chi connectivity index (χ0) is 12.2. The van der Waals surface area contributed by atoms with Crippen molar-refractivity contribution in [1.29, 1.82) is 0 Å². The Morgan fingerprint density at radius 2 is 1.88 bits per heavy atom. The predicted octanol–water partition coefficient (Wildman–Crippen LogP) is 1.96. The SMILES string of the molecule is CC(=O)c1ccc(CC(C)(C)NC=O)cc1. The van der Waals surface area contributed by atoms with Gasteiger partial charge in [-0.1, -0.05) is 24.3 Å². The lowest BCUT2D eigenvalue weighted by Gasteiger charge is -2.23. The first kappa shape index (κ1) is 12.4. The van der Waals surface area contributed by atoms with E-state index in [0.717, 1.165) is 12.0 Å². The molecular formula is C13H17NO2. The van der Waals surface area contributed by atoms with E-state index in [9.17, 15) is 9.59 Å². The number of amides is 1. The van der Waals surface area contributed by atoms with Gasteiger partial charge in [0.25, 0.3) is 0 Å². The largest absolute Gasteiger partial charge is 0.353 e. The molecule has 1 rings (SSSR count). The Kier molecular flexibility index (Phi) is 3.82. The van der Waals surface area contributed by atoms with E-state index < -0.39 is 0 Å². The highest BCUT2D eigenvalue weighted by Gasteiger charge is 2.16. The van der Waals surface area contributed by atoms with Crippen LogP contribution in [0, 0.1) is 0 Å². The van der Waals surface area contributed by atoms with Gasteiger partial charge in [-0.3, -0.25) is 9.59 Å². The zero-order valence-electron chi connectivity index (χ0n) is 9.91. The monoisotopic (exact) mass is 219 g/mol. The van der Waals surface area contributed by atoms with E-state index in [2.05, 4.69) is 5.32 Å². The van der Waals surface area contributed by atoms with Crippen LogP contribution in [0.15, 0.2) is 24.3 Å². The van der Waals surface area contributed by atoms with Crippen molar-refractivity contribution in [3.8, 4) is 0 Å². The lowest BCUT2D eigenvalue weighted by molar-refractivity contribution is -0.110. The fourth-order valence-corrected chi connectivity index (χ4v) is 1.58. The molecule has 0 aromatic heterocycles. The fraction of sp³-hybridized carbons (Fsp3) is 0.385. The number of nitrogens with one attached hydrogen (secondary N) is 1. The van der Waals surface area contributed by atoms with Crippen LogP contribution in [0.25, 0.3) is 0 Å². The summed E-state index contributed by atoms with van der Waals surface area (Å²) < 4.78 is 0. The summed E-state index contributed by atoms with van der Waals surface area (Å²) in [7, 11) is 0. The van der Waals surface area contributed by atoms with Crippen molar-refractivity contribution in [3.05, 3.63) is 35.4 Å². The molecule has 0 spiro atoms. The molecule has 0 aliphatic carbocycles. The summed E-state index contributed by atoms with van der Waals surface area (Å²) in [5.74, 6) is 0.0665. The van der Waals surface area contributed by atoms with E-state index in [-0.39, 0.29) is 11.3 Å². The van der Waals surface area contributed by atoms with E-state index in [4.69, 9.17) is 0 Å². The van der Waals surface area contributed by atoms with Crippen LogP contribution in [-0.2, 0) is 11.2 Å². The molecule has 16 heavy (non-hydrogen) atoms. The van der Waals surface area contributed by atoms with Crippen molar-refractivity contribution >= 4 is 12.2 Å². The Hall–Kier alpha value is -1.64. The van der Waals surface area contributed by atoms with E-state index in [1.165, 1.54) is 0 Å². The molecule has 1 aromatic carbocycles. The summed E-state index contributed by atoms with van der Waals surface area (Å²) in [4.78, 5) is 21.5. The number of carbonyl (C=O) groups excluding carboxylic acids is 2. The number of hydrogen-bond acceptors (Lipinski definition) is 2. The number of Topliss-reactive ketones (excluding diaryl/α,β-unsaturated/α-hetero) is 1. The maximum absolute atomic E-state index is 11.1. The first-order valence-electron chi connectivity index (χ1n) is 5.26. The van der Waals surface area contributed by atoms with Gasteiger partial charge in [-0.05, 0) is 32.8 Å². The second kappa shape index (κ2) is 4.92. The maximum atomic E-state index is 11.1. The molecule has 86 valence electrons. The lowest BCUT2D eigenvalue weighted by atomic mass is 9.94. The van der Waals surface area contributed by atoms with Crippen LogP contribution in [0.5, 0.6) is 0 Å².